The summed E-state index contributed by atoms with van der Waals surface area (Å²) in [5.74, 6) is -0.231. The molecule has 2 N–H and O–H groups in total. The van der Waals surface area contributed by atoms with Crippen LogP contribution < -0.4 is 10.6 Å². The second kappa shape index (κ2) is 7.89. The third kappa shape index (κ3) is 5.83. The standard InChI is InChI=1S/C15H23FN2O/c1-4-17-10-11(2)15(19)18-12(3)9-13-5-7-14(16)8-6-13/h5-8,11-12,17H,4,9-10H2,1-3H3,(H,18,19). The van der Waals surface area contributed by atoms with Crippen molar-refractivity contribution in [2.75, 3.05) is 13.1 Å². The Bertz CT molecular complexity index is 392. The minimum atomic E-state index is -0.236. The van der Waals surface area contributed by atoms with Gasteiger partial charge in [0.15, 0.2) is 0 Å². The molecule has 0 bridgehead atoms. The second-order valence-electron chi connectivity index (χ2n) is 4.95. The molecule has 0 aromatic heterocycles. The van der Waals surface area contributed by atoms with Gasteiger partial charge in [-0.2, -0.15) is 0 Å². The van der Waals surface area contributed by atoms with E-state index in [9.17, 15) is 9.18 Å². The highest BCUT2D eigenvalue weighted by atomic mass is 19.1. The van der Waals surface area contributed by atoms with E-state index in [2.05, 4.69) is 10.6 Å². The van der Waals surface area contributed by atoms with Gasteiger partial charge in [0.05, 0.1) is 0 Å². The number of rotatable bonds is 7. The molecular weight excluding hydrogens is 243 g/mol. The van der Waals surface area contributed by atoms with Crippen molar-refractivity contribution in [1.29, 1.82) is 0 Å². The van der Waals surface area contributed by atoms with E-state index in [0.29, 0.717) is 13.0 Å². The molecule has 0 aliphatic heterocycles. The average Bonchev–Trinajstić information content (AvgIpc) is 2.38. The number of nitrogens with one attached hydrogen (secondary N) is 2. The highest BCUT2D eigenvalue weighted by molar-refractivity contribution is 5.78. The molecule has 4 heteroatoms. The Hall–Kier alpha value is -1.42. The fourth-order valence-corrected chi connectivity index (χ4v) is 1.86. The van der Waals surface area contributed by atoms with Crippen LogP contribution in [0, 0.1) is 11.7 Å². The van der Waals surface area contributed by atoms with E-state index in [1.54, 1.807) is 12.1 Å². The molecule has 0 radical (unpaired) electrons. The van der Waals surface area contributed by atoms with Gasteiger partial charge in [-0.3, -0.25) is 4.79 Å². The van der Waals surface area contributed by atoms with E-state index in [1.165, 1.54) is 12.1 Å². The highest BCUT2D eigenvalue weighted by Crippen LogP contribution is 2.06. The summed E-state index contributed by atoms with van der Waals surface area (Å²) in [6.45, 7) is 7.43. The molecule has 106 valence electrons. The number of carbonyl (C=O) groups excluding carboxylic acids is 1. The molecule has 0 saturated carbocycles. The second-order valence-corrected chi connectivity index (χ2v) is 4.95. The zero-order chi connectivity index (χ0) is 14.3. The number of carbonyl (C=O) groups is 1. The number of benzene rings is 1. The molecule has 0 aliphatic rings. The van der Waals surface area contributed by atoms with Crippen LogP contribution in [-0.4, -0.2) is 25.0 Å². The maximum Gasteiger partial charge on any atom is 0.224 e. The van der Waals surface area contributed by atoms with Crippen molar-refractivity contribution >= 4 is 5.91 Å². The molecule has 0 aliphatic carbocycles. The SMILES string of the molecule is CCNCC(C)C(=O)NC(C)Cc1ccc(F)cc1. The number of halogens is 1. The first-order valence-electron chi connectivity index (χ1n) is 6.78. The van der Waals surface area contributed by atoms with E-state index in [1.807, 2.05) is 20.8 Å². The van der Waals surface area contributed by atoms with E-state index in [-0.39, 0.29) is 23.7 Å². The van der Waals surface area contributed by atoms with Gasteiger partial charge in [0.2, 0.25) is 5.91 Å². The third-order valence-corrected chi connectivity index (χ3v) is 2.99. The summed E-state index contributed by atoms with van der Waals surface area (Å²) in [4.78, 5) is 11.9. The maximum absolute atomic E-state index is 12.8. The molecule has 1 rings (SSSR count). The fraction of sp³-hybridized carbons (Fsp3) is 0.533. The largest absolute Gasteiger partial charge is 0.353 e. The minimum absolute atomic E-state index is 0.0436. The number of hydrogen-bond donors (Lipinski definition) is 2. The smallest absolute Gasteiger partial charge is 0.224 e. The van der Waals surface area contributed by atoms with Crippen LogP contribution in [0.2, 0.25) is 0 Å². The fourth-order valence-electron chi connectivity index (χ4n) is 1.86. The van der Waals surface area contributed by atoms with Crippen molar-refractivity contribution in [3.05, 3.63) is 35.6 Å². The molecule has 1 aromatic carbocycles. The summed E-state index contributed by atoms with van der Waals surface area (Å²) < 4.78 is 12.8. The van der Waals surface area contributed by atoms with Crippen LogP contribution >= 0.6 is 0 Å². The van der Waals surface area contributed by atoms with Crippen LogP contribution in [0.3, 0.4) is 0 Å². The Labute approximate surface area is 114 Å². The zero-order valence-electron chi connectivity index (χ0n) is 11.9. The van der Waals surface area contributed by atoms with E-state index in [4.69, 9.17) is 0 Å². The quantitative estimate of drug-likeness (QED) is 0.793. The molecule has 0 fully saturated rings. The lowest BCUT2D eigenvalue weighted by Crippen LogP contribution is -2.40. The molecular formula is C15H23FN2O. The molecule has 2 atom stereocenters. The Morgan fingerprint density at radius 1 is 1.26 bits per heavy atom. The van der Waals surface area contributed by atoms with Gasteiger partial charge < -0.3 is 10.6 Å². The minimum Gasteiger partial charge on any atom is -0.353 e. The predicted molar refractivity (Wildman–Crippen MR) is 75.4 cm³/mol. The monoisotopic (exact) mass is 266 g/mol. The lowest BCUT2D eigenvalue weighted by molar-refractivity contribution is -0.124. The van der Waals surface area contributed by atoms with Gasteiger partial charge in [-0.1, -0.05) is 26.0 Å². The van der Waals surface area contributed by atoms with Crippen LogP contribution in [0.25, 0.3) is 0 Å². The molecule has 3 nitrogen and oxygen atoms in total. The van der Waals surface area contributed by atoms with E-state index < -0.39 is 0 Å². The van der Waals surface area contributed by atoms with Gasteiger partial charge >= 0.3 is 0 Å². The third-order valence-electron chi connectivity index (χ3n) is 2.99. The molecule has 2 unspecified atom stereocenters. The first-order valence-corrected chi connectivity index (χ1v) is 6.78. The predicted octanol–water partition coefficient (Wildman–Crippen LogP) is 2.12. The van der Waals surface area contributed by atoms with Gasteiger partial charge in [0, 0.05) is 18.5 Å². The zero-order valence-corrected chi connectivity index (χ0v) is 11.9. The first kappa shape index (κ1) is 15.6. The van der Waals surface area contributed by atoms with Crippen molar-refractivity contribution in [3.8, 4) is 0 Å². The van der Waals surface area contributed by atoms with Gasteiger partial charge in [0.25, 0.3) is 0 Å². The summed E-state index contributed by atoms with van der Waals surface area (Å²) in [5.41, 5.74) is 1.02. The van der Waals surface area contributed by atoms with Crippen molar-refractivity contribution in [3.63, 3.8) is 0 Å². The van der Waals surface area contributed by atoms with Crippen LogP contribution in [0.4, 0.5) is 4.39 Å². The molecule has 0 saturated heterocycles. The Morgan fingerprint density at radius 3 is 2.47 bits per heavy atom. The summed E-state index contributed by atoms with van der Waals surface area (Å²) in [7, 11) is 0. The van der Waals surface area contributed by atoms with Crippen molar-refractivity contribution in [1.82, 2.24) is 10.6 Å². The highest BCUT2D eigenvalue weighted by Gasteiger charge is 2.14. The van der Waals surface area contributed by atoms with Crippen LogP contribution in [-0.2, 0) is 11.2 Å². The summed E-state index contributed by atoms with van der Waals surface area (Å²) in [6, 6.07) is 6.43. The van der Waals surface area contributed by atoms with Crippen molar-refractivity contribution in [2.45, 2.75) is 33.2 Å². The van der Waals surface area contributed by atoms with E-state index >= 15 is 0 Å². The maximum atomic E-state index is 12.8. The topological polar surface area (TPSA) is 41.1 Å². The molecule has 1 aromatic rings. The van der Waals surface area contributed by atoms with Crippen molar-refractivity contribution in [2.24, 2.45) is 5.92 Å². The van der Waals surface area contributed by atoms with Crippen LogP contribution in [0.5, 0.6) is 0 Å². The molecule has 0 heterocycles. The summed E-state index contributed by atoms with van der Waals surface area (Å²) in [5, 5.41) is 6.13. The first-order chi connectivity index (χ1) is 9.02. The summed E-state index contributed by atoms with van der Waals surface area (Å²) in [6.07, 6.45) is 0.708. The van der Waals surface area contributed by atoms with Gasteiger partial charge in [-0.15, -0.1) is 0 Å². The lowest BCUT2D eigenvalue weighted by atomic mass is 10.1. The Balaban J connectivity index is 2.39. The van der Waals surface area contributed by atoms with E-state index in [0.717, 1.165) is 12.1 Å². The van der Waals surface area contributed by atoms with Gasteiger partial charge in [-0.25, -0.2) is 4.39 Å². The van der Waals surface area contributed by atoms with Crippen molar-refractivity contribution < 1.29 is 9.18 Å². The van der Waals surface area contributed by atoms with Gasteiger partial charge in [0.1, 0.15) is 5.82 Å². The molecule has 1 amide bonds. The molecule has 19 heavy (non-hydrogen) atoms. The Kier molecular flexibility index (Phi) is 6.50. The summed E-state index contributed by atoms with van der Waals surface area (Å²) >= 11 is 0. The molecule has 0 spiro atoms. The lowest BCUT2D eigenvalue weighted by Gasteiger charge is -2.18. The van der Waals surface area contributed by atoms with Crippen LogP contribution in [0.1, 0.15) is 26.3 Å². The van der Waals surface area contributed by atoms with Crippen LogP contribution in [0.15, 0.2) is 24.3 Å². The normalized spacial score (nSPS) is 13.9. The average molecular weight is 266 g/mol. The number of hydrogen-bond acceptors (Lipinski definition) is 2. The van der Waals surface area contributed by atoms with Gasteiger partial charge in [-0.05, 0) is 37.6 Å². The number of amides is 1. The Morgan fingerprint density at radius 2 is 1.89 bits per heavy atom.